The first-order chi connectivity index (χ1) is 12.0. The lowest BCUT2D eigenvalue weighted by atomic mass is 10.0. The molecule has 0 spiro atoms. The molecule has 2 heterocycles. The van der Waals surface area contributed by atoms with Crippen molar-refractivity contribution in [3.8, 4) is 0 Å². The van der Waals surface area contributed by atoms with Crippen LogP contribution in [0.15, 0.2) is 53.7 Å². The molecule has 0 radical (unpaired) electrons. The first kappa shape index (κ1) is 17.4. The molecular formula is C20H20N2O2S. The van der Waals surface area contributed by atoms with E-state index in [1.165, 1.54) is 16.7 Å². The van der Waals surface area contributed by atoms with Crippen LogP contribution in [0.3, 0.4) is 0 Å². The van der Waals surface area contributed by atoms with E-state index < -0.39 is 0 Å². The summed E-state index contributed by atoms with van der Waals surface area (Å²) in [7, 11) is 0. The molecule has 0 fully saturated rings. The van der Waals surface area contributed by atoms with Crippen LogP contribution < -0.4 is 0 Å². The standard InChI is InChI=1S/C20H20N2O2S/c1-13(2)25-18-17(16-6-4-14(3)5-7-16)19(23)22(20(18)24)12-15-8-10-21-11-9-15/h4-11,13H,12H2,1-3H3. The predicted molar refractivity (Wildman–Crippen MR) is 101 cm³/mol. The fourth-order valence-electron chi connectivity index (χ4n) is 2.69. The molecule has 1 aliphatic rings. The van der Waals surface area contributed by atoms with Crippen molar-refractivity contribution < 1.29 is 9.59 Å². The zero-order chi connectivity index (χ0) is 18.0. The van der Waals surface area contributed by atoms with Gasteiger partial charge in [0.15, 0.2) is 0 Å². The van der Waals surface area contributed by atoms with Gasteiger partial charge in [0.25, 0.3) is 11.8 Å². The maximum absolute atomic E-state index is 13.0. The second-order valence-corrected chi connectivity index (χ2v) is 7.88. The van der Waals surface area contributed by atoms with Gasteiger partial charge in [-0.25, -0.2) is 0 Å². The molecule has 0 aliphatic carbocycles. The van der Waals surface area contributed by atoms with Gasteiger partial charge in [-0.3, -0.25) is 19.5 Å². The minimum atomic E-state index is -0.228. The Hall–Kier alpha value is -2.40. The number of thioether (sulfide) groups is 1. The van der Waals surface area contributed by atoms with Gasteiger partial charge in [0.2, 0.25) is 0 Å². The number of carbonyl (C=O) groups excluding carboxylic acids is 2. The largest absolute Gasteiger partial charge is 0.269 e. The summed E-state index contributed by atoms with van der Waals surface area (Å²) in [6.07, 6.45) is 3.33. The van der Waals surface area contributed by atoms with Gasteiger partial charge in [-0.1, -0.05) is 43.7 Å². The lowest BCUT2D eigenvalue weighted by Crippen LogP contribution is -2.31. The molecule has 0 saturated heterocycles. The maximum Gasteiger partial charge on any atom is 0.268 e. The van der Waals surface area contributed by atoms with Crippen LogP contribution in [0.5, 0.6) is 0 Å². The Labute approximate surface area is 152 Å². The number of benzene rings is 1. The fraction of sp³-hybridized carbons (Fsp3) is 0.250. The molecule has 1 aliphatic heterocycles. The van der Waals surface area contributed by atoms with Crippen LogP contribution >= 0.6 is 11.8 Å². The van der Waals surface area contributed by atoms with Gasteiger partial charge < -0.3 is 0 Å². The monoisotopic (exact) mass is 352 g/mol. The van der Waals surface area contributed by atoms with Crippen LogP contribution in [-0.2, 0) is 16.1 Å². The summed E-state index contributed by atoms with van der Waals surface area (Å²) >= 11 is 1.45. The summed E-state index contributed by atoms with van der Waals surface area (Å²) in [5.41, 5.74) is 3.31. The molecule has 128 valence electrons. The number of carbonyl (C=O) groups is 2. The molecule has 1 aromatic carbocycles. The number of hydrogen-bond donors (Lipinski definition) is 0. The van der Waals surface area contributed by atoms with Crippen molar-refractivity contribution in [1.29, 1.82) is 0 Å². The normalized spacial score (nSPS) is 14.8. The second kappa shape index (κ2) is 7.23. The number of aromatic nitrogens is 1. The van der Waals surface area contributed by atoms with E-state index in [9.17, 15) is 9.59 Å². The number of imide groups is 1. The average molecular weight is 352 g/mol. The van der Waals surface area contributed by atoms with Crippen molar-refractivity contribution in [2.75, 3.05) is 0 Å². The van der Waals surface area contributed by atoms with E-state index in [1.807, 2.05) is 57.2 Å². The Balaban J connectivity index is 1.99. The molecule has 1 aromatic heterocycles. The van der Waals surface area contributed by atoms with E-state index in [1.54, 1.807) is 12.4 Å². The molecule has 2 aromatic rings. The number of amides is 2. The average Bonchev–Trinajstić information content (AvgIpc) is 2.81. The van der Waals surface area contributed by atoms with E-state index in [2.05, 4.69) is 4.98 Å². The molecule has 0 N–H and O–H groups in total. The minimum absolute atomic E-state index is 0.212. The fourth-order valence-corrected chi connectivity index (χ4v) is 3.69. The van der Waals surface area contributed by atoms with Gasteiger partial charge in [0.1, 0.15) is 0 Å². The highest BCUT2D eigenvalue weighted by atomic mass is 32.2. The van der Waals surface area contributed by atoms with Gasteiger partial charge in [0.05, 0.1) is 17.0 Å². The summed E-state index contributed by atoms with van der Waals surface area (Å²) in [4.78, 5) is 31.8. The summed E-state index contributed by atoms with van der Waals surface area (Å²) in [6.45, 7) is 6.30. The highest BCUT2D eigenvalue weighted by molar-refractivity contribution is 8.04. The van der Waals surface area contributed by atoms with Crippen LogP contribution in [0.25, 0.3) is 5.57 Å². The summed E-state index contributed by atoms with van der Waals surface area (Å²) in [5, 5.41) is 0.216. The predicted octanol–water partition coefficient (Wildman–Crippen LogP) is 3.81. The summed E-state index contributed by atoms with van der Waals surface area (Å²) in [6, 6.07) is 11.4. The van der Waals surface area contributed by atoms with E-state index in [0.29, 0.717) is 10.5 Å². The third-order valence-electron chi connectivity index (χ3n) is 3.91. The zero-order valence-electron chi connectivity index (χ0n) is 14.5. The van der Waals surface area contributed by atoms with Crippen molar-refractivity contribution in [3.05, 3.63) is 70.4 Å². The van der Waals surface area contributed by atoms with Crippen molar-refractivity contribution in [2.45, 2.75) is 32.6 Å². The molecule has 0 bridgehead atoms. The second-order valence-electron chi connectivity index (χ2n) is 6.29. The van der Waals surface area contributed by atoms with Crippen molar-refractivity contribution >= 4 is 29.1 Å². The van der Waals surface area contributed by atoms with Crippen LogP contribution in [0.4, 0.5) is 0 Å². The Bertz CT molecular complexity index is 827. The third-order valence-corrected chi connectivity index (χ3v) is 5.00. The van der Waals surface area contributed by atoms with Gasteiger partial charge in [-0.2, -0.15) is 0 Å². The molecule has 25 heavy (non-hydrogen) atoms. The van der Waals surface area contributed by atoms with E-state index >= 15 is 0 Å². The van der Waals surface area contributed by atoms with E-state index in [0.717, 1.165) is 16.7 Å². The molecule has 5 heteroatoms. The zero-order valence-corrected chi connectivity index (χ0v) is 15.3. The van der Waals surface area contributed by atoms with Gasteiger partial charge in [0, 0.05) is 17.6 Å². The van der Waals surface area contributed by atoms with Crippen LogP contribution in [-0.4, -0.2) is 26.9 Å². The highest BCUT2D eigenvalue weighted by Crippen LogP contribution is 2.38. The van der Waals surface area contributed by atoms with Crippen molar-refractivity contribution in [2.24, 2.45) is 0 Å². The molecule has 0 saturated carbocycles. The molecule has 2 amide bonds. The summed E-state index contributed by atoms with van der Waals surface area (Å²) in [5.74, 6) is -0.440. The Morgan fingerprint density at radius 3 is 2.24 bits per heavy atom. The first-order valence-electron chi connectivity index (χ1n) is 8.20. The van der Waals surface area contributed by atoms with Crippen molar-refractivity contribution in [3.63, 3.8) is 0 Å². The quantitative estimate of drug-likeness (QED) is 0.768. The highest BCUT2D eigenvalue weighted by Gasteiger charge is 2.39. The third kappa shape index (κ3) is 3.66. The number of aryl methyl sites for hydroxylation is 1. The van der Waals surface area contributed by atoms with Gasteiger partial charge in [-0.15, -0.1) is 11.8 Å². The molecule has 4 nitrogen and oxygen atoms in total. The molecule has 0 unspecified atom stereocenters. The van der Waals surface area contributed by atoms with Crippen LogP contribution in [0.2, 0.25) is 0 Å². The smallest absolute Gasteiger partial charge is 0.268 e. The number of nitrogens with zero attached hydrogens (tertiary/aromatic N) is 2. The van der Waals surface area contributed by atoms with Crippen LogP contribution in [0, 0.1) is 6.92 Å². The Kier molecular flexibility index (Phi) is 5.04. The Morgan fingerprint density at radius 2 is 1.64 bits per heavy atom. The molecule has 0 atom stereocenters. The molecule has 3 rings (SSSR count). The van der Waals surface area contributed by atoms with Crippen molar-refractivity contribution in [1.82, 2.24) is 9.88 Å². The SMILES string of the molecule is Cc1ccc(C2=C(SC(C)C)C(=O)N(Cc3ccncc3)C2=O)cc1. The number of rotatable bonds is 5. The van der Waals surface area contributed by atoms with E-state index in [-0.39, 0.29) is 23.6 Å². The number of pyridine rings is 1. The molecular weight excluding hydrogens is 332 g/mol. The lowest BCUT2D eigenvalue weighted by molar-refractivity contribution is -0.137. The van der Waals surface area contributed by atoms with Gasteiger partial charge >= 0.3 is 0 Å². The van der Waals surface area contributed by atoms with Gasteiger partial charge in [-0.05, 0) is 30.2 Å². The first-order valence-corrected chi connectivity index (χ1v) is 9.08. The van der Waals surface area contributed by atoms with E-state index in [4.69, 9.17) is 0 Å². The lowest BCUT2D eigenvalue weighted by Gasteiger charge is -2.15. The van der Waals surface area contributed by atoms with Crippen LogP contribution in [0.1, 0.15) is 30.5 Å². The number of hydrogen-bond acceptors (Lipinski definition) is 4. The maximum atomic E-state index is 13.0. The topological polar surface area (TPSA) is 50.3 Å². The Morgan fingerprint density at radius 1 is 1.00 bits per heavy atom. The summed E-state index contributed by atoms with van der Waals surface area (Å²) < 4.78 is 0. The minimum Gasteiger partial charge on any atom is -0.269 e.